The van der Waals surface area contributed by atoms with E-state index in [4.69, 9.17) is 11.6 Å². The molecule has 156 valence electrons. The first-order chi connectivity index (χ1) is 14.6. The monoisotopic (exact) mass is 421 g/mol. The van der Waals surface area contributed by atoms with Crippen LogP contribution in [0.5, 0.6) is 0 Å². The van der Waals surface area contributed by atoms with Crippen LogP contribution in [0.3, 0.4) is 0 Å². The van der Waals surface area contributed by atoms with Crippen molar-refractivity contribution in [1.29, 1.82) is 5.26 Å². The third kappa shape index (κ3) is 5.64. The summed E-state index contributed by atoms with van der Waals surface area (Å²) in [5.74, 6) is -0.354. The van der Waals surface area contributed by atoms with Crippen molar-refractivity contribution in [1.82, 2.24) is 10.6 Å². The molecule has 2 N–H and O–H groups in total. The van der Waals surface area contributed by atoms with Gasteiger partial charge in [-0.05, 0) is 66.8 Å². The standard InChI is InChI=1S/C25H28ClN3O/c1-2-24(21-12-11-18-7-3-4-9-20(18)15-21)29-25(30)22(16-27)17-28-14-13-19-8-5-6-10-23(19)26/h5-6,8,10-12,15,17,24,28H,2-4,7,9,13-14H2,1H3,(H,29,30)/b22-17-. The zero-order chi connectivity index (χ0) is 21.3. The summed E-state index contributed by atoms with van der Waals surface area (Å²) in [5.41, 5.74) is 5.03. The lowest BCUT2D eigenvalue weighted by molar-refractivity contribution is -0.117. The number of fused-ring (bicyclic) bond motifs is 1. The summed E-state index contributed by atoms with van der Waals surface area (Å²) in [6.45, 7) is 2.63. The van der Waals surface area contributed by atoms with E-state index < -0.39 is 0 Å². The molecule has 1 atom stereocenters. The van der Waals surface area contributed by atoms with Crippen molar-refractivity contribution in [3.8, 4) is 6.07 Å². The molecule has 0 spiro atoms. The molecule has 0 saturated heterocycles. The fourth-order valence-electron chi connectivity index (χ4n) is 3.86. The summed E-state index contributed by atoms with van der Waals surface area (Å²) in [7, 11) is 0. The van der Waals surface area contributed by atoms with E-state index in [1.807, 2.05) is 37.3 Å². The van der Waals surface area contributed by atoms with Gasteiger partial charge in [-0.3, -0.25) is 4.79 Å². The Morgan fingerprint density at radius 3 is 2.70 bits per heavy atom. The van der Waals surface area contributed by atoms with Crippen LogP contribution in [0.15, 0.2) is 54.2 Å². The Kier molecular flexibility index (Phi) is 7.93. The number of carbonyl (C=O) groups is 1. The van der Waals surface area contributed by atoms with Crippen molar-refractivity contribution in [3.05, 3.63) is 81.5 Å². The lowest BCUT2D eigenvalue weighted by Crippen LogP contribution is -2.30. The van der Waals surface area contributed by atoms with E-state index in [0.29, 0.717) is 13.0 Å². The van der Waals surface area contributed by atoms with Crippen LogP contribution < -0.4 is 10.6 Å². The van der Waals surface area contributed by atoms with Crippen LogP contribution in [-0.2, 0) is 24.1 Å². The van der Waals surface area contributed by atoms with Crippen molar-refractivity contribution in [2.24, 2.45) is 0 Å². The maximum absolute atomic E-state index is 12.7. The minimum absolute atomic E-state index is 0.0746. The third-order valence-electron chi connectivity index (χ3n) is 5.60. The second-order valence-electron chi connectivity index (χ2n) is 7.63. The highest BCUT2D eigenvalue weighted by molar-refractivity contribution is 6.31. The first-order valence-electron chi connectivity index (χ1n) is 10.6. The molecule has 2 aromatic rings. The topological polar surface area (TPSA) is 64.9 Å². The normalized spacial score (nSPS) is 14.4. The molecule has 4 nitrogen and oxygen atoms in total. The molecule has 0 aromatic heterocycles. The van der Waals surface area contributed by atoms with Gasteiger partial charge in [-0.1, -0.05) is 54.9 Å². The number of benzene rings is 2. The van der Waals surface area contributed by atoms with E-state index in [0.717, 1.165) is 35.4 Å². The number of hydrogen-bond acceptors (Lipinski definition) is 3. The highest BCUT2D eigenvalue weighted by Crippen LogP contribution is 2.26. The summed E-state index contributed by atoms with van der Waals surface area (Å²) in [5, 5.41) is 16.2. The number of nitrogens with one attached hydrogen (secondary N) is 2. The van der Waals surface area contributed by atoms with E-state index in [1.165, 1.54) is 30.2 Å². The maximum Gasteiger partial charge on any atom is 0.263 e. The van der Waals surface area contributed by atoms with Gasteiger partial charge >= 0.3 is 0 Å². The molecule has 3 rings (SSSR count). The van der Waals surface area contributed by atoms with Crippen LogP contribution in [0.25, 0.3) is 0 Å². The Morgan fingerprint density at radius 2 is 1.97 bits per heavy atom. The number of amides is 1. The molecule has 30 heavy (non-hydrogen) atoms. The van der Waals surface area contributed by atoms with E-state index in [2.05, 4.69) is 28.8 Å². The minimum atomic E-state index is -0.354. The van der Waals surface area contributed by atoms with Crippen LogP contribution in [0.2, 0.25) is 5.02 Å². The van der Waals surface area contributed by atoms with Gasteiger partial charge in [-0.25, -0.2) is 0 Å². The van der Waals surface area contributed by atoms with E-state index >= 15 is 0 Å². The van der Waals surface area contributed by atoms with E-state index in [1.54, 1.807) is 0 Å². The van der Waals surface area contributed by atoms with Gasteiger partial charge in [-0.15, -0.1) is 0 Å². The van der Waals surface area contributed by atoms with Crippen molar-refractivity contribution in [2.75, 3.05) is 6.54 Å². The first kappa shape index (κ1) is 21.9. The fraction of sp³-hybridized carbons (Fsp3) is 0.360. The Balaban J connectivity index is 1.59. The summed E-state index contributed by atoms with van der Waals surface area (Å²) in [6.07, 6.45) is 7.69. The van der Waals surface area contributed by atoms with Gasteiger partial charge in [0.15, 0.2) is 0 Å². The number of hydrogen-bond donors (Lipinski definition) is 2. The molecule has 1 amide bonds. The smallest absolute Gasteiger partial charge is 0.263 e. The van der Waals surface area contributed by atoms with E-state index in [-0.39, 0.29) is 17.5 Å². The predicted molar refractivity (Wildman–Crippen MR) is 121 cm³/mol. The summed E-state index contributed by atoms with van der Waals surface area (Å²) in [6, 6.07) is 16.1. The molecule has 0 fully saturated rings. The van der Waals surface area contributed by atoms with Crippen LogP contribution in [0, 0.1) is 11.3 Å². The molecule has 2 aromatic carbocycles. The predicted octanol–water partition coefficient (Wildman–Crippen LogP) is 5.03. The molecular formula is C25H28ClN3O. The molecule has 0 saturated carbocycles. The number of nitriles is 1. The van der Waals surface area contributed by atoms with Gasteiger partial charge in [0.05, 0.1) is 6.04 Å². The second kappa shape index (κ2) is 10.8. The number of aryl methyl sites for hydroxylation is 2. The van der Waals surface area contributed by atoms with Gasteiger partial charge in [0.25, 0.3) is 5.91 Å². The van der Waals surface area contributed by atoms with Crippen molar-refractivity contribution in [2.45, 2.75) is 51.5 Å². The zero-order valence-electron chi connectivity index (χ0n) is 17.4. The molecule has 0 heterocycles. The SMILES string of the molecule is CCC(NC(=O)/C(C#N)=C\NCCc1ccccc1Cl)c1ccc2c(c1)CCCC2. The Labute approximate surface area is 183 Å². The molecule has 0 radical (unpaired) electrons. The molecule has 1 aliphatic carbocycles. The summed E-state index contributed by atoms with van der Waals surface area (Å²) >= 11 is 6.16. The number of rotatable bonds is 8. The van der Waals surface area contributed by atoms with Crippen molar-refractivity contribution in [3.63, 3.8) is 0 Å². The molecule has 1 unspecified atom stereocenters. The van der Waals surface area contributed by atoms with Crippen LogP contribution in [0.1, 0.15) is 54.5 Å². The summed E-state index contributed by atoms with van der Waals surface area (Å²) < 4.78 is 0. The number of nitrogens with zero attached hydrogens (tertiary/aromatic N) is 1. The van der Waals surface area contributed by atoms with Gasteiger partial charge < -0.3 is 10.6 Å². The van der Waals surface area contributed by atoms with Gasteiger partial charge in [0.2, 0.25) is 0 Å². The van der Waals surface area contributed by atoms with Gasteiger partial charge in [0, 0.05) is 17.8 Å². The number of halogens is 1. The Bertz CT molecular complexity index is 961. The average molecular weight is 422 g/mol. The van der Waals surface area contributed by atoms with Crippen LogP contribution >= 0.6 is 11.6 Å². The van der Waals surface area contributed by atoms with E-state index in [9.17, 15) is 10.1 Å². The van der Waals surface area contributed by atoms with Crippen LogP contribution in [0.4, 0.5) is 0 Å². The van der Waals surface area contributed by atoms with Crippen LogP contribution in [-0.4, -0.2) is 12.5 Å². The quantitative estimate of drug-likeness (QED) is 0.357. The molecule has 0 bridgehead atoms. The Hall–Kier alpha value is -2.77. The third-order valence-corrected chi connectivity index (χ3v) is 5.97. The first-order valence-corrected chi connectivity index (χ1v) is 11.0. The lowest BCUT2D eigenvalue weighted by Gasteiger charge is -2.21. The molecular weight excluding hydrogens is 394 g/mol. The van der Waals surface area contributed by atoms with Crippen molar-refractivity contribution >= 4 is 17.5 Å². The van der Waals surface area contributed by atoms with Gasteiger partial charge in [-0.2, -0.15) is 5.26 Å². The molecule has 1 aliphatic rings. The Morgan fingerprint density at radius 1 is 1.20 bits per heavy atom. The second-order valence-corrected chi connectivity index (χ2v) is 8.04. The fourth-order valence-corrected chi connectivity index (χ4v) is 4.09. The molecule has 0 aliphatic heterocycles. The maximum atomic E-state index is 12.7. The average Bonchev–Trinajstić information content (AvgIpc) is 2.78. The largest absolute Gasteiger partial charge is 0.389 e. The highest BCUT2D eigenvalue weighted by Gasteiger charge is 2.18. The zero-order valence-corrected chi connectivity index (χ0v) is 18.1. The number of carbonyl (C=O) groups excluding carboxylic acids is 1. The minimum Gasteiger partial charge on any atom is -0.389 e. The van der Waals surface area contributed by atoms with Crippen molar-refractivity contribution < 1.29 is 4.79 Å². The summed E-state index contributed by atoms with van der Waals surface area (Å²) in [4.78, 5) is 12.7. The lowest BCUT2D eigenvalue weighted by atomic mass is 9.88. The molecule has 5 heteroatoms. The highest BCUT2D eigenvalue weighted by atomic mass is 35.5. The van der Waals surface area contributed by atoms with Gasteiger partial charge in [0.1, 0.15) is 11.6 Å².